The first-order valence-corrected chi connectivity index (χ1v) is 6.89. The van der Waals surface area contributed by atoms with Crippen LogP contribution in [0.1, 0.15) is 24.4 Å². The molecule has 0 unspecified atom stereocenters. The van der Waals surface area contributed by atoms with Crippen LogP contribution in [0.4, 0.5) is 0 Å². The Labute approximate surface area is 122 Å². The Bertz CT molecular complexity index is 705. The number of aromatic nitrogens is 3. The third kappa shape index (κ3) is 2.66. The monoisotopic (exact) mass is 286 g/mol. The van der Waals surface area contributed by atoms with Crippen molar-refractivity contribution in [2.24, 2.45) is 0 Å². The van der Waals surface area contributed by atoms with E-state index in [1.807, 2.05) is 53.1 Å². The Morgan fingerprint density at radius 3 is 2.75 bits per heavy atom. The number of hydrogen-bond acceptors (Lipinski definition) is 3. The normalized spacial score (nSPS) is 12.7. The smallest absolute Gasteiger partial charge is 0.160 e. The molecule has 20 heavy (non-hydrogen) atoms. The Balaban J connectivity index is 1.73. The molecule has 3 rings (SSSR count). The highest BCUT2D eigenvalue weighted by atomic mass is 35.5. The van der Waals surface area contributed by atoms with Crippen molar-refractivity contribution in [1.29, 1.82) is 0 Å². The molecule has 1 aromatic carbocycles. The summed E-state index contributed by atoms with van der Waals surface area (Å²) in [6, 6.07) is 13.8. The molecule has 5 heteroatoms. The van der Waals surface area contributed by atoms with E-state index in [-0.39, 0.29) is 6.04 Å². The lowest BCUT2D eigenvalue weighted by Gasteiger charge is -2.12. The molecule has 0 saturated carbocycles. The van der Waals surface area contributed by atoms with Gasteiger partial charge in [0.05, 0.1) is 6.04 Å². The molecular weight excluding hydrogens is 272 g/mol. The number of pyridine rings is 1. The summed E-state index contributed by atoms with van der Waals surface area (Å²) in [5, 5.41) is 12.6. The average Bonchev–Trinajstić information content (AvgIpc) is 2.90. The summed E-state index contributed by atoms with van der Waals surface area (Å²) >= 11 is 5.88. The van der Waals surface area contributed by atoms with Gasteiger partial charge in [-0.05, 0) is 36.8 Å². The molecule has 0 aliphatic rings. The standard InChI is InChI=1S/C15H15ClN4/c1-11(17-10-12-5-7-13(16)8-6-12)15-19-18-14-4-2-3-9-20(14)15/h2-9,11,17H,10H2,1H3/t11-/m1/s1. The number of halogens is 1. The van der Waals surface area contributed by atoms with Gasteiger partial charge >= 0.3 is 0 Å². The maximum atomic E-state index is 5.88. The van der Waals surface area contributed by atoms with Crippen molar-refractivity contribution in [3.05, 3.63) is 65.1 Å². The number of rotatable bonds is 4. The first-order valence-electron chi connectivity index (χ1n) is 6.51. The van der Waals surface area contributed by atoms with E-state index in [4.69, 9.17) is 11.6 Å². The summed E-state index contributed by atoms with van der Waals surface area (Å²) < 4.78 is 2.00. The van der Waals surface area contributed by atoms with Crippen LogP contribution in [0.5, 0.6) is 0 Å². The Morgan fingerprint density at radius 2 is 1.95 bits per heavy atom. The zero-order chi connectivity index (χ0) is 13.9. The van der Waals surface area contributed by atoms with Crippen LogP contribution in [-0.2, 0) is 6.54 Å². The molecule has 3 aromatic rings. The lowest BCUT2D eigenvalue weighted by Crippen LogP contribution is -2.20. The molecule has 2 heterocycles. The van der Waals surface area contributed by atoms with Gasteiger partial charge in [0.25, 0.3) is 0 Å². The molecule has 0 amide bonds. The summed E-state index contributed by atoms with van der Waals surface area (Å²) in [6.07, 6.45) is 1.98. The topological polar surface area (TPSA) is 42.2 Å². The average molecular weight is 287 g/mol. The van der Waals surface area contributed by atoms with Gasteiger partial charge in [-0.15, -0.1) is 10.2 Å². The second kappa shape index (κ2) is 5.61. The van der Waals surface area contributed by atoms with Crippen LogP contribution in [-0.4, -0.2) is 14.6 Å². The fraction of sp³-hybridized carbons (Fsp3) is 0.200. The van der Waals surface area contributed by atoms with Crippen molar-refractivity contribution in [3.8, 4) is 0 Å². The maximum absolute atomic E-state index is 5.88. The third-order valence-electron chi connectivity index (χ3n) is 3.25. The van der Waals surface area contributed by atoms with Crippen molar-refractivity contribution >= 4 is 17.2 Å². The van der Waals surface area contributed by atoms with Gasteiger partial charge < -0.3 is 5.32 Å². The van der Waals surface area contributed by atoms with Crippen LogP contribution in [0.3, 0.4) is 0 Å². The number of benzene rings is 1. The highest BCUT2D eigenvalue weighted by Crippen LogP contribution is 2.14. The van der Waals surface area contributed by atoms with Gasteiger partial charge in [0.1, 0.15) is 0 Å². The summed E-state index contributed by atoms with van der Waals surface area (Å²) in [4.78, 5) is 0. The maximum Gasteiger partial charge on any atom is 0.160 e. The summed E-state index contributed by atoms with van der Waals surface area (Å²) in [7, 11) is 0. The van der Waals surface area contributed by atoms with E-state index in [9.17, 15) is 0 Å². The van der Waals surface area contributed by atoms with Crippen molar-refractivity contribution in [3.63, 3.8) is 0 Å². The van der Waals surface area contributed by atoms with Crippen molar-refractivity contribution in [1.82, 2.24) is 19.9 Å². The van der Waals surface area contributed by atoms with Crippen LogP contribution < -0.4 is 5.32 Å². The second-order valence-electron chi connectivity index (χ2n) is 4.72. The van der Waals surface area contributed by atoms with Crippen molar-refractivity contribution in [2.45, 2.75) is 19.5 Å². The van der Waals surface area contributed by atoms with Gasteiger partial charge in [-0.25, -0.2) is 0 Å². The molecule has 0 saturated heterocycles. The SMILES string of the molecule is C[C@@H](NCc1ccc(Cl)cc1)c1nnc2ccccn12. The minimum Gasteiger partial charge on any atom is -0.303 e. The molecular formula is C15H15ClN4. The van der Waals surface area contributed by atoms with Crippen LogP contribution >= 0.6 is 11.6 Å². The number of hydrogen-bond donors (Lipinski definition) is 1. The molecule has 0 radical (unpaired) electrons. The highest BCUT2D eigenvalue weighted by molar-refractivity contribution is 6.30. The van der Waals surface area contributed by atoms with Crippen molar-refractivity contribution < 1.29 is 0 Å². The first-order chi connectivity index (χ1) is 9.74. The van der Waals surface area contributed by atoms with E-state index >= 15 is 0 Å². The van der Waals surface area contributed by atoms with Crippen LogP contribution in [0, 0.1) is 0 Å². The van der Waals surface area contributed by atoms with E-state index in [0.717, 1.165) is 23.0 Å². The number of fused-ring (bicyclic) bond motifs is 1. The van der Waals surface area contributed by atoms with Gasteiger partial charge in [0.15, 0.2) is 11.5 Å². The van der Waals surface area contributed by atoms with Crippen LogP contribution in [0.15, 0.2) is 48.7 Å². The van der Waals surface area contributed by atoms with E-state index < -0.39 is 0 Å². The van der Waals surface area contributed by atoms with E-state index in [0.29, 0.717) is 0 Å². The lowest BCUT2D eigenvalue weighted by molar-refractivity contribution is 0.541. The number of nitrogens with one attached hydrogen (secondary N) is 1. The van der Waals surface area contributed by atoms with Crippen LogP contribution in [0.2, 0.25) is 5.02 Å². The molecule has 0 bridgehead atoms. The molecule has 0 spiro atoms. The number of nitrogens with zero attached hydrogens (tertiary/aromatic N) is 3. The fourth-order valence-electron chi connectivity index (χ4n) is 2.12. The van der Waals surface area contributed by atoms with Gasteiger partial charge in [0.2, 0.25) is 0 Å². The van der Waals surface area contributed by atoms with Crippen LogP contribution in [0.25, 0.3) is 5.65 Å². The third-order valence-corrected chi connectivity index (χ3v) is 3.51. The van der Waals surface area contributed by atoms with Gasteiger partial charge in [0, 0.05) is 17.8 Å². The summed E-state index contributed by atoms with van der Waals surface area (Å²) in [5.41, 5.74) is 2.05. The minimum absolute atomic E-state index is 0.114. The second-order valence-corrected chi connectivity index (χ2v) is 5.15. The van der Waals surface area contributed by atoms with E-state index in [2.05, 4.69) is 22.4 Å². The molecule has 0 aliphatic heterocycles. The molecule has 4 nitrogen and oxygen atoms in total. The molecule has 1 N–H and O–H groups in total. The zero-order valence-corrected chi connectivity index (χ0v) is 11.9. The van der Waals surface area contributed by atoms with E-state index in [1.165, 1.54) is 5.56 Å². The molecule has 0 fully saturated rings. The minimum atomic E-state index is 0.114. The first kappa shape index (κ1) is 13.1. The summed E-state index contributed by atoms with van der Waals surface area (Å²) in [5.74, 6) is 0.912. The highest BCUT2D eigenvalue weighted by Gasteiger charge is 2.12. The predicted molar refractivity (Wildman–Crippen MR) is 79.7 cm³/mol. The quantitative estimate of drug-likeness (QED) is 0.801. The van der Waals surface area contributed by atoms with Crippen molar-refractivity contribution in [2.75, 3.05) is 0 Å². The zero-order valence-electron chi connectivity index (χ0n) is 11.1. The largest absolute Gasteiger partial charge is 0.303 e. The Kier molecular flexibility index (Phi) is 3.67. The summed E-state index contributed by atoms with van der Waals surface area (Å²) in [6.45, 7) is 2.85. The van der Waals surface area contributed by atoms with E-state index in [1.54, 1.807) is 0 Å². The lowest BCUT2D eigenvalue weighted by atomic mass is 10.2. The van der Waals surface area contributed by atoms with Gasteiger partial charge in [-0.3, -0.25) is 4.40 Å². The molecule has 1 atom stereocenters. The van der Waals surface area contributed by atoms with Gasteiger partial charge in [-0.1, -0.05) is 29.8 Å². The Hall–Kier alpha value is -1.91. The Morgan fingerprint density at radius 1 is 1.15 bits per heavy atom. The molecule has 2 aromatic heterocycles. The predicted octanol–water partition coefficient (Wildman–Crippen LogP) is 3.23. The van der Waals surface area contributed by atoms with Gasteiger partial charge in [-0.2, -0.15) is 0 Å². The fourth-order valence-corrected chi connectivity index (χ4v) is 2.25. The molecule has 0 aliphatic carbocycles. The molecule has 102 valence electrons.